The van der Waals surface area contributed by atoms with Crippen LogP contribution in [0.1, 0.15) is 29.8 Å². The average molecular weight is 380 g/mol. The van der Waals surface area contributed by atoms with Crippen LogP contribution in [0.15, 0.2) is 45.6 Å². The third kappa shape index (κ3) is 3.57. The molecule has 1 N–H and O–H groups in total. The lowest BCUT2D eigenvalue weighted by molar-refractivity contribution is 0.538. The van der Waals surface area contributed by atoms with Crippen molar-refractivity contribution in [2.24, 2.45) is 0 Å². The highest BCUT2D eigenvalue weighted by molar-refractivity contribution is 9.10. The molecule has 0 spiro atoms. The van der Waals surface area contributed by atoms with Gasteiger partial charge in [0.25, 0.3) is 0 Å². The van der Waals surface area contributed by atoms with Gasteiger partial charge in [0.1, 0.15) is 0 Å². The molecule has 0 aliphatic heterocycles. The highest BCUT2D eigenvalue weighted by atomic mass is 79.9. The Hall–Kier alpha value is -0.680. The van der Waals surface area contributed by atoms with Gasteiger partial charge < -0.3 is 5.32 Å². The fraction of sp³-hybridized carbons (Fsp3) is 0.294. The van der Waals surface area contributed by atoms with Crippen LogP contribution in [-0.2, 0) is 6.42 Å². The summed E-state index contributed by atoms with van der Waals surface area (Å²) in [6.07, 6.45) is 2.21. The van der Waals surface area contributed by atoms with Gasteiger partial charge in [-0.3, -0.25) is 0 Å². The maximum absolute atomic E-state index is 3.70. The van der Waals surface area contributed by atoms with Crippen molar-refractivity contribution in [3.05, 3.63) is 56.0 Å². The van der Waals surface area contributed by atoms with Crippen LogP contribution < -0.4 is 5.32 Å². The van der Waals surface area contributed by atoms with Gasteiger partial charge in [0, 0.05) is 25.5 Å². The van der Waals surface area contributed by atoms with Crippen LogP contribution in [0.4, 0.5) is 0 Å². The highest BCUT2D eigenvalue weighted by Gasteiger charge is 2.16. The number of hydrogen-bond donors (Lipinski definition) is 1. The standard InChI is InChI=1S/C17H18BrNS2/c1-2-7-19-15(17-9-13(18)11-21-17)8-12-10-20-16-6-4-3-5-14(12)16/h3-6,9-11,15,19H,2,7-8H2,1H3. The minimum Gasteiger partial charge on any atom is -0.309 e. The largest absolute Gasteiger partial charge is 0.309 e. The van der Waals surface area contributed by atoms with E-state index in [1.165, 1.54) is 25.0 Å². The maximum atomic E-state index is 3.70. The number of halogens is 1. The molecule has 2 heterocycles. The van der Waals surface area contributed by atoms with E-state index in [1.807, 2.05) is 22.7 Å². The predicted molar refractivity (Wildman–Crippen MR) is 98.6 cm³/mol. The van der Waals surface area contributed by atoms with Crippen LogP contribution in [0.25, 0.3) is 10.1 Å². The molecule has 0 fully saturated rings. The first-order chi connectivity index (χ1) is 10.3. The van der Waals surface area contributed by atoms with Gasteiger partial charge in [0.05, 0.1) is 0 Å². The van der Waals surface area contributed by atoms with E-state index < -0.39 is 0 Å². The van der Waals surface area contributed by atoms with Gasteiger partial charge in [-0.15, -0.1) is 22.7 Å². The molecule has 3 aromatic rings. The second kappa shape index (κ2) is 7.05. The summed E-state index contributed by atoms with van der Waals surface area (Å²) in [6, 6.07) is 11.3. The zero-order valence-corrected chi connectivity index (χ0v) is 15.2. The van der Waals surface area contributed by atoms with Crippen molar-refractivity contribution in [2.45, 2.75) is 25.8 Å². The van der Waals surface area contributed by atoms with Crippen molar-refractivity contribution in [3.63, 3.8) is 0 Å². The van der Waals surface area contributed by atoms with E-state index in [0.717, 1.165) is 19.4 Å². The molecule has 3 rings (SSSR count). The molecule has 0 saturated heterocycles. The van der Waals surface area contributed by atoms with Gasteiger partial charge in [-0.2, -0.15) is 0 Å². The quantitative estimate of drug-likeness (QED) is 0.552. The number of nitrogens with one attached hydrogen (secondary N) is 1. The van der Waals surface area contributed by atoms with Crippen molar-refractivity contribution >= 4 is 48.7 Å². The van der Waals surface area contributed by atoms with E-state index in [-0.39, 0.29) is 0 Å². The van der Waals surface area contributed by atoms with Gasteiger partial charge in [0.2, 0.25) is 0 Å². The van der Waals surface area contributed by atoms with E-state index in [2.05, 4.69) is 69.3 Å². The minimum absolute atomic E-state index is 0.402. The predicted octanol–water partition coefficient (Wildman–Crippen LogP) is 6.01. The fourth-order valence-electron chi connectivity index (χ4n) is 2.51. The van der Waals surface area contributed by atoms with Crippen molar-refractivity contribution < 1.29 is 0 Å². The molecular weight excluding hydrogens is 362 g/mol. The van der Waals surface area contributed by atoms with Crippen LogP contribution in [0.5, 0.6) is 0 Å². The highest BCUT2D eigenvalue weighted by Crippen LogP contribution is 2.32. The zero-order chi connectivity index (χ0) is 14.7. The van der Waals surface area contributed by atoms with Crippen LogP contribution in [-0.4, -0.2) is 6.54 Å². The van der Waals surface area contributed by atoms with E-state index >= 15 is 0 Å². The lowest BCUT2D eigenvalue weighted by Gasteiger charge is -2.17. The van der Waals surface area contributed by atoms with E-state index in [1.54, 1.807) is 0 Å². The molecule has 0 aliphatic rings. The topological polar surface area (TPSA) is 12.0 Å². The molecule has 0 saturated carbocycles. The normalized spacial score (nSPS) is 12.9. The van der Waals surface area contributed by atoms with Gasteiger partial charge in [0.15, 0.2) is 0 Å². The molecule has 2 aromatic heterocycles. The van der Waals surface area contributed by atoms with E-state index in [9.17, 15) is 0 Å². The van der Waals surface area contributed by atoms with Gasteiger partial charge in [-0.25, -0.2) is 0 Å². The van der Waals surface area contributed by atoms with Crippen molar-refractivity contribution in [2.75, 3.05) is 6.54 Å². The molecule has 0 amide bonds. The van der Waals surface area contributed by atoms with E-state index in [4.69, 9.17) is 0 Å². The molecule has 1 atom stereocenters. The summed E-state index contributed by atoms with van der Waals surface area (Å²) in [6.45, 7) is 3.27. The summed E-state index contributed by atoms with van der Waals surface area (Å²) in [4.78, 5) is 1.41. The third-order valence-corrected chi connectivity index (χ3v) is 6.38. The lowest BCUT2D eigenvalue weighted by atomic mass is 10.0. The Morgan fingerprint density at radius 3 is 2.81 bits per heavy atom. The molecule has 110 valence electrons. The molecule has 1 unspecified atom stereocenters. The number of thiophene rings is 2. The Bertz CT molecular complexity index is 716. The summed E-state index contributed by atoms with van der Waals surface area (Å²) >= 11 is 7.25. The first kappa shape index (κ1) is 15.2. The molecule has 0 bridgehead atoms. The number of fused-ring (bicyclic) bond motifs is 1. The molecule has 21 heavy (non-hydrogen) atoms. The van der Waals surface area contributed by atoms with Crippen LogP contribution in [0, 0.1) is 0 Å². The number of rotatable bonds is 6. The third-order valence-electron chi connectivity index (χ3n) is 3.56. The van der Waals surface area contributed by atoms with Crippen LogP contribution in [0.2, 0.25) is 0 Å². The lowest BCUT2D eigenvalue weighted by Crippen LogP contribution is -2.23. The summed E-state index contributed by atoms with van der Waals surface area (Å²) < 4.78 is 2.56. The molecule has 1 aromatic carbocycles. The SMILES string of the molecule is CCCNC(Cc1csc2ccccc12)c1cc(Br)cs1. The average Bonchev–Trinajstić information content (AvgIpc) is 3.10. The molecule has 0 aliphatic carbocycles. The van der Waals surface area contributed by atoms with E-state index in [0.29, 0.717) is 6.04 Å². The summed E-state index contributed by atoms with van der Waals surface area (Å²) in [5.74, 6) is 0. The maximum Gasteiger partial charge on any atom is 0.0456 e. The van der Waals surface area contributed by atoms with Crippen LogP contribution in [0.3, 0.4) is 0 Å². The minimum atomic E-state index is 0.402. The number of benzene rings is 1. The van der Waals surface area contributed by atoms with Crippen LogP contribution >= 0.6 is 38.6 Å². The monoisotopic (exact) mass is 379 g/mol. The Balaban J connectivity index is 1.87. The van der Waals surface area contributed by atoms with Crippen molar-refractivity contribution in [1.29, 1.82) is 0 Å². The first-order valence-electron chi connectivity index (χ1n) is 7.20. The van der Waals surface area contributed by atoms with Crippen molar-refractivity contribution in [1.82, 2.24) is 5.32 Å². The Kier molecular flexibility index (Phi) is 5.11. The summed E-state index contributed by atoms with van der Waals surface area (Å²) in [5.41, 5.74) is 1.45. The molecular formula is C17H18BrNS2. The first-order valence-corrected chi connectivity index (χ1v) is 9.75. The number of hydrogen-bond acceptors (Lipinski definition) is 3. The van der Waals surface area contributed by atoms with Gasteiger partial charge in [-0.1, -0.05) is 25.1 Å². The molecule has 0 radical (unpaired) electrons. The molecule has 1 nitrogen and oxygen atoms in total. The second-order valence-electron chi connectivity index (χ2n) is 5.14. The Morgan fingerprint density at radius 1 is 1.19 bits per heavy atom. The Labute approximate surface area is 142 Å². The fourth-order valence-corrected chi connectivity index (χ4v) is 5.01. The van der Waals surface area contributed by atoms with Gasteiger partial charge >= 0.3 is 0 Å². The summed E-state index contributed by atoms with van der Waals surface area (Å²) in [5, 5.41) is 9.58. The second-order valence-corrected chi connectivity index (χ2v) is 7.90. The van der Waals surface area contributed by atoms with Gasteiger partial charge in [-0.05, 0) is 63.8 Å². The molecule has 4 heteroatoms. The van der Waals surface area contributed by atoms with Crippen molar-refractivity contribution in [3.8, 4) is 0 Å². The Morgan fingerprint density at radius 2 is 2.05 bits per heavy atom. The summed E-state index contributed by atoms with van der Waals surface area (Å²) in [7, 11) is 0. The zero-order valence-electron chi connectivity index (χ0n) is 11.9. The smallest absolute Gasteiger partial charge is 0.0456 e.